The summed E-state index contributed by atoms with van der Waals surface area (Å²) in [6.07, 6.45) is 0. The molecule has 4 aromatic carbocycles. The standard InChI is InChI=1S/C35H20N4O8/c1-15-23-24(33(45)37(32(23)44)27(17-9-5-3-6-10-17)18-11-7-4-8-12-18)16(2)26-25(15)34(46)39(35(26)47)38-30(42)21-13-19-20(14-22(21)31(38)43)29(41)36-28(19)40/h3-14,27H,1-2H3,(H,36,40,41)/p-1. The first-order chi connectivity index (χ1) is 22.5. The second kappa shape index (κ2) is 9.47. The Morgan fingerprint density at radius 3 is 1.40 bits per heavy atom. The fourth-order valence-electron chi connectivity index (χ4n) is 6.91. The van der Waals surface area contributed by atoms with Crippen LogP contribution in [0.3, 0.4) is 0 Å². The Hall–Kier alpha value is -6.56. The topological polar surface area (TPSA) is 170 Å². The van der Waals surface area contributed by atoms with Crippen LogP contribution in [0.5, 0.6) is 5.88 Å². The van der Waals surface area contributed by atoms with Crippen molar-refractivity contribution in [3.63, 3.8) is 0 Å². The van der Waals surface area contributed by atoms with Crippen molar-refractivity contribution in [3.8, 4) is 5.88 Å². The summed E-state index contributed by atoms with van der Waals surface area (Å²) in [6, 6.07) is 19.2. The normalized spacial score (nSPS) is 12.1. The molecule has 4 aromatic heterocycles. The highest BCUT2D eigenvalue weighted by Crippen LogP contribution is 2.30. The van der Waals surface area contributed by atoms with Gasteiger partial charge in [0.15, 0.2) is 0 Å². The van der Waals surface area contributed by atoms with Crippen LogP contribution < -0.4 is 44.0 Å². The number of benzene rings is 4. The van der Waals surface area contributed by atoms with Crippen molar-refractivity contribution in [2.24, 2.45) is 0 Å². The van der Waals surface area contributed by atoms with Gasteiger partial charge >= 0.3 is 0 Å². The number of hydrogen-bond acceptors (Lipinski definition) is 9. The molecule has 0 aliphatic rings. The van der Waals surface area contributed by atoms with E-state index in [4.69, 9.17) is 0 Å². The van der Waals surface area contributed by atoms with Crippen LogP contribution in [0.2, 0.25) is 0 Å². The van der Waals surface area contributed by atoms with Crippen molar-refractivity contribution in [3.05, 3.63) is 168 Å². The van der Waals surface area contributed by atoms with Crippen molar-refractivity contribution in [2.45, 2.75) is 19.9 Å². The van der Waals surface area contributed by atoms with E-state index in [0.717, 1.165) is 16.7 Å². The predicted molar refractivity (Wildman–Crippen MR) is 173 cm³/mol. The summed E-state index contributed by atoms with van der Waals surface area (Å²) >= 11 is 0. The van der Waals surface area contributed by atoms with Crippen molar-refractivity contribution >= 4 is 43.1 Å². The smallest absolute Gasteiger partial charge is 0.281 e. The molecule has 0 aliphatic heterocycles. The van der Waals surface area contributed by atoms with Crippen molar-refractivity contribution in [2.75, 3.05) is 0 Å². The van der Waals surface area contributed by atoms with Crippen molar-refractivity contribution in [1.82, 2.24) is 18.9 Å². The number of aryl methyl sites for hydroxylation is 2. The van der Waals surface area contributed by atoms with Gasteiger partial charge in [-0.25, -0.2) is 4.98 Å². The van der Waals surface area contributed by atoms with Gasteiger partial charge in [0.05, 0.1) is 43.7 Å². The Bertz CT molecular complexity index is 2900. The molecule has 12 nitrogen and oxygen atoms in total. The van der Waals surface area contributed by atoms with E-state index >= 15 is 0 Å². The van der Waals surface area contributed by atoms with E-state index in [-0.39, 0.29) is 54.2 Å². The minimum atomic E-state index is -1.07. The van der Waals surface area contributed by atoms with Gasteiger partial charge in [-0.2, -0.15) is 9.35 Å². The largest absolute Gasteiger partial charge is 0.858 e. The average molecular weight is 624 g/mol. The molecule has 0 aliphatic carbocycles. The molecule has 8 aromatic rings. The zero-order chi connectivity index (χ0) is 33.0. The highest BCUT2D eigenvalue weighted by Gasteiger charge is 2.31. The zero-order valence-corrected chi connectivity index (χ0v) is 24.6. The highest BCUT2D eigenvalue weighted by atomic mass is 16.3. The second-order valence-electron chi connectivity index (χ2n) is 11.5. The summed E-state index contributed by atoms with van der Waals surface area (Å²) < 4.78 is 1.86. The van der Waals surface area contributed by atoms with Gasteiger partial charge in [0.25, 0.3) is 38.9 Å². The molecule has 0 fully saturated rings. The van der Waals surface area contributed by atoms with E-state index in [1.165, 1.54) is 13.8 Å². The first kappa shape index (κ1) is 28.0. The quantitative estimate of drug-likeness (QED) is 0.278. The molecule has 8 rings (SSSR count). The fraction of sp³-hybridized carbons (Fsp3) is 0.0857. The zero-order valence-electron chi connectivity index (χ0n) is 24.6. The molecule has 0 spiro atoms. The summed E-state index contributed by atoms with van der Waals surface area (Å²) in [5, 5.41) is 10.7. The van der Waals surface area contributed by atoms with Crippen molar-refractivity contribution in [1.29, 1.82) is 0 Å². The minimum Gasteiger partial charge on any atom is -0.858 e. The number of nitrogens with zero attached hydrogens (tertiary/aromatic N) is 4. The third-order valence-corrected chi connectivity index (χ3v) is 9.03. The third-order valence-electron chi connectivity index (χ3n) is 9.03. The van der Waals surface area contributed by atoms with E-state index in [2.05, 4.69) is 4.98 Å². The molecule has 4 heterocycles. The molecular formula is C35H19N4O8-. The molecular weight excluding hydrogens is 604 g/mol. The summed E-state index contributed by atoms with van der Waals surface area (Å²) in [4.78, 5) is 98.9. The summed E-state index contributed by atoms with van der Waals surface area (Å²) in [5.41, 5.74) is -4.98. The maximum atomic E-state index is 14.2. The van der Waals surface area contributed by atoms with Crippen LogP contribution in [-0.2, 0) is 0 Å². The van der Waals surface area contributed by atoms with Gasteiger partial charge in [-0.3, -0.25) is 38.1 Å². The maximum Gasteiger partial charge on any atom is 0.281 e. The fourth-order valence-corrected chi connectivity index (χ4v) is 6.91. The molecule has 47 heavy (non-hydrogen) atoms. The van der Waals surface area contributed by atoms with Gasteiger partial charge in [-0.05, 0) is 59.5 Å². The molecule has 228 valence electrons. The predicted octanol–water partition coefficient (Wildman–Crippen LogP) is 1.01. The average Bonchev–Trinajstić information content (AvgIpc) is 3.68. The van der Waals surface area contributed by atoms with Gasteiger partial charge in [-0.15, -0.1) is 0 Å². The van der Waals surface area contributed by atoms with Crippen LogP contribution in [0.25, 0.3) is 43.1 Å². The van der Waals surface area contributed by atoms with Gasteiger partial charge in [-0.1, -0.05) is 60.7 Å². The van der Waals surface area contributed by atoms with E-state index in [9.17, 15) is 38.7 Å². The van der Waals surface area contributed by atoms with E-state index in [1.54, 1.807) is 48.5 Å². The first-order valence-corrected chi connectivity index (χ1v) is 14.4. The number of hydrogen-bond donors (Lipinski definition) is 0. The molecule has 0 atom stereocenters. The number of fused-ring (bicyclic) bond motifs is 4. The maximum absolute atomic E-state index is 14.2. The lowest BCUT2D eigenvalue weighted by Crippen LogP contribution is -2.43. The lowest BCUT2D eigenvalue weighted by molar-refractivity contribution is -0.272. The molecule has 0 radical (unpaired) electrons. The Morgan fingerprint density at radius 1 is 0.532 bits per heavy atom. The SMILES string of the molecule is Cc1c2c(=O)n(C(c3ccccc3)c3ccccc3)c(=O)c2c(C)c2c(=O)n(-n3c(=O)c4cc5c([O-])nc(=O)c5cc4c3=O)c(=O)c12. The van der Waals surface area contributed by atoms with Crippen LogP contribution in [0.4, 0.5) is 0 Å². The Morgan fingerprint density at radius 2 is 0.936 bits per heavy atom. The highest BCUT2D eigenvalue weighted by molar-refractivity contribution is 6.05. The van der Waals surface area contributed by atoms with Gasteiger partial charge in [0.2, 0.25) is 0 Å². The molecule has 0 amide bonds. The number of aromatic nitrogens is 4. The monoisotopic (exact) mass is 623 g/mol. The molecule has 0 saturated carbocycles. The van der Waals surface area contributed by atoms with E-state index < -0.39 is 50.8 Å². The number of rotatable bonds is 4. The molecule has 0 N–H and O–H groups in total. The second-order valence-corrected chi connectivity index (χ2v) is 11.5. The van der Waals surface area contributed by atoms with Gasteiger partial charge < -0.3 is 5.11 Å². The van der Waals surface area contributed by atoms with Gasteiger partial charge in [0, 0.05) is 0 Å². The Labute approximate surface area is 260 Å². The third kappa shape index (κ3) is 3.51. The summed E-state index contributed by atoms with van der Waals surface area (Å²) in [5.74, 6) is -0.877. The summed E-state index contributed by atoms with van der Waals surface area (Å²) in [6.45, 7) is 2.88. The Kier molecular flexibility index (Phi) is 5.63. The Balaban J connectivity index is 1.46. The molecule has 0 unspecified atom stereocenters. The van der Waals surface area contributed by atoms with E-state index in [0.29, 0.717) is 20.5 Å². The lowest BCUT2D eigenvalue weighted by atomic mass is 9.98. The van der Waals surface area contributed by atoms with Crippen LogP contribution in [0.15, 0.2) is 106 Å². The molecule has 12 heteroatoms. The van der Waals surface area contributed by atoms with Crippen LogP contribution >= 0.6 is 0 Å². The van der Waals surface area contributed by atoms with E-state index in [1.807, 2.05) is 12.1 Å². The first-order valence-electron chi connectivity index (χ1n) is 14.4. The van der Waals surface area contributed by atoms with Crippen molar-refractivity contribution < 1.29 is 5.11 Å². The minimum absolute atomic E-state index is 0.0503. The lowest BCUT2D eigenvalue weighted by Gasteiger charge is -2.18. The van der Waals surface area contributed by atoms with Crippen LogP contribution in [0.1, 0.15) is 28.3 Å². The van der Waals surface area contributed by atoms with Crippen LogP contribution in [-0.4, -0.2) is 18.9 Å². The molecule has 0 bridgehead atoms. The van der Waals surface area contributed by atoms with Gasteiger partial charge in [0.1, 0.15) is 0 Å². The van der Waals surface area contributed by atoms with Crippen LogP contribution in [0, 0.1) is 13.8 Å². The summed E-state index contributed by atoms with van der Waals surface area (Å²) in [7, 11) is 0. The molecule has 0 saturated heterocycles.